The van der Waals surface area contributed by atoms with Crippen LogP contribution in [0.5, 0.6) is 0 Å². The van der Waals surface area contributed by atoms with Gasteiger partial charge in [-0.05, 0) is 5.56 Å². The van der Waals surface area contributed by atoms with Crippen molar-refractivity contribution < 1.29 is 34.1 Å². The summed E-state index contributed by atoms with van der Waals surface area (Å²) in [4.78, 5) is 50.1. The molecule has 0 saturated heterocycles. The second kappa shape index (κ2) is 12.0. The van der Waals surface area contributed by atoms with Crippen LogP contribution in [0.3, 0.4) is 0 Å². The summed E-state index contributed by atoms with van der Waals surface area (Å²) in [6.45, 7) is 0. The van der Waals surface area contributed by atoms with Gasteiger partial charge in [0.2, 0.25) is 11.5 Å². The number of methoxy groups -OCH3 is 1. The number of rotatable bonds is 10. The molecule has 4 rings (SSSR count). The minimum absolute atomic E-state index is 0.00434. The number of carbonyl (C=O) groups excluding carboxylic acids is 3. The molecular formula is C29H25NO7. The smallest absolute Gasteiger partial charge is 0.330 e. The summed E-state index contributed by atoms with van der Waals surface area (Å²) in [5, 5.41) is 11.0. The van der Waals surface area contributed by atoms with E-state index in [0.717, 1.165) is 11.6 Å². The lowest BCUT2D eigenvalue weighted by Crippen LogP contribution is -2.42. The summed E-state index contributed by atoms with van der Waals surface area (Å²) < 4.78 is 4.72. The van der Waals surface area contributed by atoms with Crippen LogP contribution in [0, 0.1) is 0 Å². The molecule has 188 valence electrons. The normalized spacial score (nSPS) is 16.4. The number of esters is 1. The van der Waals surface area contributed by atoms with E-state index in [0.29, 0.717) is 11.1 Å². The summed E-state index contributed by atoms with van der Waals surface area (Å²) in [7, 11) is 1.22. The molecule has 0 aromatic heterocycles. The Balaban J connectivity index is 1.83. The molecule has 2 unspecified atom stereocenters. The lowest BCUT2D eigenvalue weighted by atomic mass is 9.93. The molecule has 8 nitrogen and oxygen atoms in total. The Morgan fingerprint density at radius 3 is 1.97 bits per heavy atom. The molecular weight excluding hydrogens is 474 g/mol. The highest BCUT2D eigenvalue weighted by Gasteiger charge is 2.45. The van der Waals surface area contributed by atoms with E-state index in [1.165, 1.54) is 18.2 Å². The summed E-state index contributed by atoms with van der Waals surface area (Å²) in [6.07, 6.45) is 1.53. The fraction of sp³-hybridized carbons (Fsp3) is 0.138. The number of benzene rings is 3. The van der Waals surface area contributed by atoms with Gasteiger partial charge in [0.05, 0.1) is 12.7 Å². The molecule has 0 fully saturated rings. The number of ether oxygens (including phenoxy) is 1. The van der Waals surface area contributed by atoms with Gasteiger partial charge >= 0.3 is 5.97 Å². The third-order valence-corrected chi connectivity index (χ3v) is 5.81. The van der Waals surface area contributed by atoms with Crippen LogP contribution in [0.25, 0.3) is 0 Å². The average molecular weight is 500 g/mol. The first kappa shape index (κ1) is 25.7. The summed E-state index contributed by atoms with van der Waals surface area (Å²) in [6, 6.07) is 24.9. The number of allylic oxidation sites excluding steroid dienone is 1. The van der Waals surface area contributed by atoms with Crippen LogP contribution in [-0.2, 0) is 25.7 Å². The number of Topliss-reactive ketones (excluding diaryl/α,β-unsaturated/α-hetero) is 2. The van der Waals surface area contributed by atoms with Gasteiger partial charge in [-0.15, -0.1) is 0 Å². The molecule has 0 radical (unpaired) electrons. The van der Waals surface area contributed by atoms with Crippen molar-refractivity contribution in [2.45, 2.75) is 18.7 Å². The minimum Gasteiger partial charge on any atom is -0.466 e. The van der Waals surface area contributed by atoms with E-state index in [4.69, 9.17) is 14.5 Å². The van der Waals surface area contributed by atoms with Crippen LogP contribution >= 0.6 is 0 Å². The summed E-state index contributed by atoms with van der Waals surface area (Å²) >= 11 is 0. The molecule has 1 heterocycles. The van der Waals surface area contributed by atoms with Crippen LogP contribution < -0.4 is 0 Å². The SMILES string of the molecule is COC(=O)/C=C\C1C(C(=O)c2ccccc2)=C(C(=O)c2ccccc2)ON1C(Cc1ccccc1)OO. The Morgan fingerprint density at radius 1 is 0.892 bits per heavy atom. The number of hydroxylamine groups is 2. The first-order chi connectivity index (χ1) is 18.0. The maximum absolute atomic E-state index is 13.8. The topological polar surface area (TPSA) is 102 Å². The van der Waals surface area contributed by atoms with Crippen molar-refractivity contribution in [3.8, 4) is 0 Å². The average Bonchev–Trinajstić information content (AvgIpc) is 3.34. The Labute approximate surface area is 213 Å². The van der Waals surface area contributed by atoms with Crippen LogP contribution in [-0.4, -0.2) is 47.2 Å². The standard InChI is InChI=1S/C29H25NO7/c1-35-25(31)18-17-23-26(27(32)21-13-7-3-8-14-21)29(28(33)22-15-9-4-10-16-22)36-30(23)24(37-34)19-20-11-5-2-6-12-20/h2-18,23-24,34H,19H2,1H3/b18-17-. The molecule has 1 aliphatic rings. The zero-order valence-corrected chi connectivity index (χ0v) is 20.0. The number of nitrogens with zero attached hydrogens (tertiary/aromatic N) is 1. The van der Waals surface area contributed by atoms with E-state index in [9.17, 15) is 19.6 Å². The Hall–Kier alpha value is -4.37. The van der Waals surface area contributed by atoms with Crippen LogP contribution in [0.4, 0.5) is 0 Å². The second-order valence-corrected chi connectivity index (χ2v) is 8.16. The van der Waals surface area contributed by atoms with E-state index >= 15 is 0 Å². The molecule has 0 bridgehead atoms. The molecule has 37 heavy (non-hydrogen) atoms. The highest BCUT2D eigenvalue weighted by atomic mass is 17.1. The molecule has 0 amide bonds. The van der Waals surface area contributed by atoms with Crippen molar-refractivity contribution in [3.05, 3.63) is 131 Å². The van der Waals surface area contributed by atoms with Crippen molar-refractivity contribution in [3.63, 3.8) is 0 Å². The monoisotopic (exact) mass is 499 g/mol. The molecule has 3 aromatic rings. The molecule has 3 aromatic carbocycles. The van der Waals surface area contributed by atoms with Gasteiger partial charge in [0.1, 0.15) is 6.04 Å². The number of hydrogen-bond acceptors (Lipinski definition) is 8. The fourth-order valence-electron chi connectivity index (χ4n) is 3.99. The predicted octanol–water partition coefficient (Wildman–Crippen LogP) is 4.41. The number of hydrogen-bond donors (Lipinski definition) is 1. The number of carbonyl (C=O) groups is 3. The van der Waals surface area contributed by atoms with Crippen molar-refractivity contribution in [2.24, 2.45) is 0 Å². The van der Waals surface area contributed by atoms with Crippen molar-refractivity contribution in [1.29, 1.82) is 0 Å². The van der Waals surface area contributed by atoms with Crippen molar-refractivity contribution >= 4 is 17.5 Å². The Kier molecular flexibility index (Phi) is 8.37. The predicted molar refractivity (Wildman–Crippen MR) is 134 cm³/mol. The maximum Gasteiger partial charge on any atom is 0.330 e. The van der Waals surface area contributed by atoms with E-state index < -0.39 is 29.8 Å². The molecule has 2 atom stereocenters. The van der Waals surface area contributed by atoms with Crippen molar-refractivity contribution in [2.75, 3.05) is 7.11 Å². The first-order valence-electron chi connectivity index (χ1n) is 11.5. The van der Waals surface area contributed by atoms with Crippen LogP contribution in [0.1, 0.15) is 26.3 Å². The van der Waals surface area contributed by atoms with E-state index in [1.807, 2.05) is 30.3 Å². The van der Waals surface area contributed by atoms with Crippen LogP contribution in [0.15, 0.2) is 114 Å². The third-order valence-electron chi connectivity index (χ3n) is 5.81. The molecule has 1 aliphatic heterocycles. The molecule has 0 spiro atoms. The lowest BCUT2D eigenvalue weighted by Gasteiger charge is -2.28. The highest BCUT2D eigenvalue weighted by molar-refractivity contribution is 6.18. The van der Waals surface area contributed by atoms with E-state index in [1.54, 1.807) is 60.7 Å². The summed E-state index contributed by atoms with van der Waals surface area (Å²) in [5.74, 6) is -1.90. The second-order valence-electron chi connectivity index (χ2n) is 8.16. The van der Waals surface area contributed by atoms with Gasteiger partial charge in [-0.2, -0.15) is 0 Å². The quantitative estimate of drug-likeness (QED) is 0.144. The van der Waals surface area contributed by atoms with Gasteiger partial charge in [0.15, 0.2) is 12.0 Å². The van der Waals surface area contributed by atoms with E-state index in [2.05, 4.69) is 0 Å². The third kappa shape index (κ3) is 5.90. The highest BCUT2D eigenvalue weighted by Crippen LogP contribution is 2.34. The summed E-state index contributed by atoms with van der Waals surface area (Å²) in [5.41, 5.74) is 1.43. The lowest BCUT2D eigenvalue weighted by molar-refractivity contribution is -0.358. The van der Waals surface area contributed by atoms with Gasteiger partial charge in [-0.25, -0.2) is 9.68 Å². The number of ketones is 2. The fourth-order valence-corrected chi connectivity index (χ4v) is 3.99. The zero-order valence-electron chi connectivity index (χ0n) is 20.0. The molecule has 8 heteroatoms. The van der Waals surface area contributed by atoms with Gasteiger partial charge in [0.25, 0.3) is 0 Å². The Morgan fingerprint density at radius 2 is 1.43 bits per heavy atom. The first-order valence-corrected chi connectivity index (χ1v) is 11.5. The van der Waals surface area contributed by atoms with Crippen LogP contribution in [0.2, 0.25) is 0 Å². The van der Waals surface area contributed by atoms with Gasteiger partial charge in [-0.3, -0.25) is 14.8 Å². The largest absolute Gasteiger partial charge is 0.466 e. The molecule has 1 N–H and O–H groups in total. The van der Waals surface area contributed by atoms with Gasteiger partial charge in [-0.1, -0.05) is 102 Å². The maximum atomic E-state index is 13.8. The minimum atomic E-state index is -1.13. The van der Waals surface area contributed by atoms with Gasteiger partial charge in [0, 0.05) is 23.6 Å². The molecule has 0 aliphatic carbocycles. The Bertz CT molecular complexity index is 1300. The van der Waals surface area contributed by atoms with Gasteiger partial charge < -0.3 is 9.57 Å². The molecule has 0 saturated carbocycles. The zero-order chi connectivity index (χ0) is 26.2. The van der Waals surface area contributed by atoms with Crippen molar-refractivity contribution in [1.82, 2.24) is 5.06 Å². The van der Waals surface area contributed by atoms with E-state index in [-0.39, 0.29) is 17.8 Å².